The molecular weight excluding hydrogens is 264 g/mol. The number of hydrogen-bond acceptors (Lipinski definition) is 3. The van der Waals surface area contributed by atoms with Crippen molar-refractivity contribution in [2.24, 2.45) is 0 Å². The molecule has 0 N–H and O–H groups in total. The van der Waals surface area contributed by atoms with Crippen LogP contribution in [0.5, 0.6) is 0 Å². The Hall–Kier alpha value is -2.36. The summed E-state index contributed by atoms with van der Waals surface area (Å²) in [5.74, 6) is 1.51. The normalized spacial score (nSPS) is 12.0. The number of benzene rings is 1. The molecule has 1 aromatic carbocycles. The van der Waals surface area contributed by atoms with E-state index in [1.807, 2.05) is 28.8 Å². The van der Waals surface area contributed by atoms with E-state index in [0.717, 1.165) is 11.3 Å². The molecule has 21 heavy (non-hydrogen) atoms. The van der Waals surface area contributed by atoms with Gasteiger partial charge >= 0.3 is 0 Å². The molecule has 0 bridgehead atoms. The van der Waals surface area contributed by atoms with Crippen molar-refractivity contribution in [1.29, 1.82) is 0 Å². The summed E-state index contributed by atoms with van der Waals surface area (Å²) in [6.07, 6.45) is 3.56. The highest BCUT2D eigenvalue weighted by Crippen LogP contribution is 2.23. The maximum Gasteiger partial charge on any atom is 0.214 e. The van der Waals surface area contributed by atoms with Crippen molar-refractivity contribution in [2.45, 2.75) is 32.7 Å². The molecule has 0 amide bonds. The van der Waals surface area contributed by atoms with Crippen molar-refractivity contribution in [1.82, 2.24) is 9.55 Å². The average Bonchev–Trinajstić information content (AvgIpc) is 2.91. The smallest absolute Gasteiger partial charge is 0.214 e. The summed E-state index contributed by atoms with van der Waals surface area (Å²) in [6, 6.07) is 9.15. The Morgan fingerprint density at radius 1 is 1.19 bits per heavy atom. The summed E-state index contributed by atoms with van der Waals surface area (Å²) in [5.41, 5.74) is 0.863. The lowest BCUT2D eigenvalue weighted by Crippen LogP contribution is -2.10. The van der Waals surface area contributed by atoms with E-state index in [-0.39, 0.29) is 10.8 Å². The van der Waals surface area contributed by atoms with E-state index in [0.29, 0.717) is 17.8 Å². The zero-order valence-electron chi connectivity index (χ0n) is 12.5. The molecule has 108 valence electrons. The van der Waals surface area contributed by atoms with Crippen molar-refractivity contribution >= 4 is 10.9 Å². The number of para-hydroxylation sites is 1. The van der Waals surface area contributed by atoms with E-state index in [9.17, 15) is 4.79 Å². The minimum atomic E-state index is -0.0587. The van der Waals surface area contributed by atoms with E-state index in [4.69, 9.17) is 4.42 Å². The van der Waals surface area contributed by atoms with Crippen LogP contribution in [0.15, 0.2) is 51.9 Å². The number of fused-ring (bicyclic) bond motifs is 1. The minimum absolute atomic E-state index is 0.0321. The fourth-order valence-electron chi connectivity index (χ4n) is 2.27. The highest BCUT2D eigenvalue weighted by Gasteiger charge is 2.19. The SMILES string of the molecule is CC(C)(C)c1cnc(Cn2ccc(=O)c3ccccc32)o1. The van der Waals surface area contributed by atoms with Gasteiger partial charge in [0, 0.05) is 23.1 Å². The first-order chi connectivity index (χ1) is 9.95. The molecular formula is C17H18N2O2. The Labute approximate surface area is 123 Å². The predicted octanol–water partition coefficient (Wildman–Crippen LogP) is 3.34. The lowest BCUT2D eigenvalue weighted by molar-refractivity contribution is 0.377. The highest BCUT2D eigenvalue weighted by molar-refractivity contribution is 5.78. The lowest BCUT2D eigenvalue weighted by atomic mass is 9.94. The van der Waals surface area contributed by atoms with Gasteiger partial charge in [-0.1, -0.05) is 32.9 Å². The largest absolute Gasteiger partial charge is 0.443 e. The van der Waals surface area contributed by atoms with E-state index in [2.05, 4.69) is 25.8 Å². The van der Waals surface area contributed by atoms with Crippen LogP contribution in [0, 0.1) is 0 Å². The second-order valence-corrected chi connectivity index (χ2v) is 6.19. The first kappa shape index (κ1) is 13.6. The van der Waals surface area contributed by atoms with Crippen LogP contribution in [0.25, 0.3) is 10.9 Å². The van der Waals surface area contributed by atoms with Crippen LogP contribution >= 0.6 is 0 Å². The second kappa shape index (κ2) is 4.88. The summed E-state index contributed by atoms with van der Waals surface area (Å²) in [6.45, 7) is 6.78. The van der Waals surface area contributed by atoms with Crippen molar-refractivity contribution in [3.8, 4) is 0 Å². The van der Waals surface area contributed by atoms with Crippen LogP contribution in [0.1, 0.15) is 32.4 Å². The third-order valence-corrected chi connectivity index (χ3v) is 3.48. The minimum Gasteiger partial charge on any atom is -0.443 e. The second-order valence-electron chi connectivity index (χ2n) is 6.19. The summed E-state index contributed by atoms with van der Waals surface area (Å²) in [4.78, 5) is 16.2. The van der Waals surface area contributed by atoms with E-state index >= 15 is 0 Å². The third kappa shape index (κ3) is 2.61. The number of hydrogen-bond donors (Lipinski definition) is 0. The zero-order chi connectivity index (χ0) is 15.0. The van der Waals surface area contributed by atoms with Gasteiger partial charge in [0.2, 0.25) is 5.89 Å². The number of nitrogens with zero attached hydrogens (tertiary/aromatic N) is 2. The Bertz CT molecular complexity index is 838. The van der Waals surface area contributed by atoms with Crippen LogP contribution in [0.4, 0.5) is 0 Å². The fourth-order valence-corrected chi connectivity index (χ4v) is 2.27. The molecule has 0 saturated heterocycles. The van der Waals surface area contributed by atoms with Gasteiger partial charge in [0.05, 0.1) is 18.3 Å². The maximum atomic E-state index is 11.9. The summed E-state index contributed by atoms with van der Waals surface area (Å²) < 4.78 is 7.80. The van der Waals surface area contributed by atoms with Gasteiger partial charge in [-0.2, -0.15) is 0 Å². The highest BCUT2D eigenvalue weighted by atomic mass is 16.4. The molecule has 0 aliphatic rings. The first-order valence-electron chi connectivity index (χ1n) is 6.98. The third-order valence-electron chi connectivity index (χ3n) is 3.48. The van der Waals surface area contributed by atoms with E-state index in [1.54, 1.807) is 18.5 Å². The fraction of sp³-hybridized carbons (Fsp3) is 0.294. The molecule has 0 saturated carbocycles. The first-order valence-corrected chi connectivity index (χ1v) is 6.98. The van der Waals surface area contributed by atoms with Crippen LogP contribution in [0.3, 0.4) is 0 Å². The van der Waals surface area contributed by atoms with Gasteiger partial charge in [-0.25, -0.2) is 4.98 Å². The standard InChI is InChI=1S/C17H18N2O2/c1-17(2,3)15-10-18-16(21-15)11-19-9-8-14(20)12-6-4-5-7-13(12)19/h4-10H,11H2,1-3H3. The molecule has 2 aromatic heterocycles. The van der Waals surface area contributed by atoms with Gasteiger partial charge in [-0.05, 0) is 12.1 Å². The van der Waals surface area contributed by atoms with Crippen LogP contribution in [-0.2, 0) is 12.0 Å². The molecule has 0 aliphatic carbocycles. The van der Waals surface area contributed by atoms with Gasteiger partial charge in [0.1, 0.15) is 5.76 Å². The molecule has 4 nitrogen and oxygen atoms in total. The number of pyridine rings is 1. The predicted molar refractivity (Wildman–Crippen MR) is 82.5 cm³/mol. The monoisotopic (exact) mass is 282 g/mol. The Morgan fingerprint density at radius 2 is 1.95 bits per heavy atom. The van der Waals surface area contributed by atoms with Crippen molar-refractivity contribution in [2.75, 3.05) is 0 Å². The molecule has 0 fully saturated rings. The van der Waals surface area contributed by atoms with Crippen molar-refractivity contribution in [3.05, 3.63) is 64.6 Å². The Morgan fingerprint density at radius 3 is 2.67 bits per heavy atom. The van der Waals surface area contributed by atoms with Crippen LogP contribution < -0.4 is 5.43 Å². The molecule has 0 unspecified atom stereocenters. The van der Waals surface area contributed by atoms with Crippen molar-refractivity contribution in [3.63, 3.8) is 0 Å². The number of aromatic nitrogens is 2. The van der Waals surface area contributed by atoms with E-state index in [1.165, 1.54) is 0 Å². The van der Waals surface area contributed by atoms with Gasteiger partial charge in [0.15, 0.2) is 5.43 Å². The van der Waals surface area contributed by atoms with E-state index < -0.39 is 0 Å². The van der Waals surface area contributed by atoms with Gasteiger partial charge in [-0.3, -0.25) is 4.79 Å². The zero-order valence-corrected chi connectivity index (χ0v) is 12.5. The molecule has 0 aliphatic heterocycles. The summed E-state index contributed by atoms with van der Waals surface area (Å²) in [5, 5.41) is 0.711. The number of rotatable bonds is 2. The van der Waals surface area contributed by atoms with Crippen LogP contribution in [-0.4, -0.2) is 9.55 Å². The summed E-state index contributed by atoms with van der Waals surface area (Å²) >= 11 is 0. The molecule has 0 spiro atoms. The average molecular weight is 282 g/mol. The van der Waals surface area contributed by atoms with Crippen LogP contribution in [0.2, 0.25) is 0 Å². The molecule has 0 atom stereocenters. The van der Waals surface area contributed by atoms with Crippen molar-refractivity contribution < 1.29 is 4.42 Å². The van der Waals surface area contributed by atoms with Gasteiger partial charge in [0.25, 0.3) is 0 Å². The summed E-state index contributed by atoms with van der Waals surface area (Å²) in [7, 11) is 0. The Kier molecular flexibility index (Phi) is 3.16. The number of oxazole rings is 1. The maximum absolute atomic E-state index is 11.9. The molecule has 4 heteroatoms. The Balaban J connectivity index is 2.01. The lowest BCUT2D eigenvalue weighted by Gasteiger charge is -2.13. The topological polar surface area (TPSA) is 48.0 Å². The van der Waals surface area contributed by atoms with Gasteiger partial charge < -0.3 is 8.98 Å². The molecule has 0 radical (unpaired) electrons. The van der Waals surface area contributed by atoms with Gasteiger partial charge in [-0.15, -0.1) is 0 Å². The quantitative estimate of drug-likeness (QED) is 0.724. The molecule has 2 heterocycles. The molecule has 3 aromatic rings. The molecule has 3 rings (SSSR count).